The number of aliphatic carboxylic acids is 2. The van der Waals surface area contributed by atoms with Crippen LogP contribution in [0.3, 0.4) is 0 Å². The third-order valence-corrected chi connectivity index (χ3v) is 6.05. The Hall–Kier alpha value is -4.03. The summed E-state index contributed by atoms with van der Waals surface area (Å²) in [6, 6.07) is 13.4. The smallest absolute Gasteiger partial charge is 0.328 e. The SMILES string of the molecule is CN(CC1CC1COc1ccc(C(=O)c2ccc(C#N)cc2)cc1F)C1CC1.O=C(O)C=CC(=O)O. The van der Waals surface area contributed by atoms with E-state index in [2.05, 4.69) is 11.9 Å². The molecule has 2 N–H and O–H groups in total. The highest BCUT2D eigenvalue weighted by molar-refractivity contribution is 6.09. The summed E-state index contributed by atoms with van der Waals surface area (Å²) in [6.07, 6.45) is 4.87. The molecule has 2 aliphatic rings. The molecule has 36 heavy (non-hydrogen) atoms. The molecular weight excluding hydrogens is 467 g/mol. The van der Waals surface area contributed by atoms with Crippen molar-refractivity contribution in [2.24, 2.45) is 11.8 Å². The second kappa shape index (κ2) is 12.1. The molecule has 0 saturated heterocycles. The Labute approximate surface area is 208 Å². The Bertz CT molecular complexity index is 1170. The fourth-order valence-electron chi connectivity index (χ4n) is 3.73. The van der Waals surface area contributed by atoms with Crippen LogP contribution in [0.25, 0.3) is 0 Å². The molecule has 0 aromatic heterocycles. The Morgan fingerprint density at radius 3 is 2.19 bits per heavy atom. The van der Waals surface area contributed by atoms with E-state index >= 15 is 0 Å². The first kappa shape index (κ1) is 26.6. The van der Waals surface area contributed by atoms with E-state index in [1.807, 2.05) is 6.07 Å². The van der Waals surface area contributed by atoms with Gasteiger partial charge in [0, 0.05) is 35.9 Å². The summed E-state index contributed by atoms with van der Waals surface area (Å²) in [4.78, 5) is 34.0. The highest BCUT2D eigenvalue weighted by atomic mass is 19.1. The Morgan fingerprint density at radius 2 is 1.67 bits per heavy atom. The van der Waals surface area contributed by atoms with Crippen molar-refractivity contribution in [2.75, 3.05) is 20.2 Å². The summed E-state index contributed by atoms with van der Waals surface area (Å²) in [5.41, 5.74) is 1.17. The van der Waals surface area contributed by atoms with Gasteiger partial charge in [-0.2, -0.15) is 5.26 Å². The molecule has 2 fully saturated rings. The molecule has 2 aromatic rings. The Morgan fingerprint density at radius 1 is 1.06 bits per heavy atom. The monoisotopic (exact) mass is 494 g/mol. The lowest BCUT2D eigenvalue weighted by atomic mass is 10.0. The van der Waals surface area contributed by atoms with Gasteiger partial charge in [0.25, 0.3) is 0 Å². The summed E-state index contributed by atoms with van der Waals surface area (Å²) >= 11 is 0. The fourth-order valence-corrected chi connectivity index (χ4v) is 3.73. The van der Waals surface area contributed by atoms with Gasteiger partial charge in [-0.05, 0) is 80.6 Å². The molecule has 2 aromatic carbocycles. The van der Waals surface area contributed by atoms with E-state index in [-0.39, 0.29) is 17.1 Å². The van der Waals surface area contributed by atoms with Gasteiger partial charge >= 0.3 is 11.9 Å². The van der Waals surface area contributed by atoms with Gasteiger partial charge in [0.1, 0.15) is 0 Å². The lowest BCUT2D eigenvalue weighted by Gasteiger charge is -2.15. The summed E-state index contributed by atoms with van der Waals surface area (Å²) < 4.78 is 20.1. The number of ether oxygens (including phenoxy) is 1. The van der Waals surface area contributed by atoms with Gasteiger partial charge < -0.3 is 19.8 Å². The second-order valence-electron chi connectivity index (χ2n) is 8.91. The van der Waals surface area contributed by atoms with E-state index in [9.17, 15) is 18.8 Å². The molecule has 0 radical (unpaired) electrons. The van der Waals surface area contributed by atoms with Gasteiger partial charge in [-0.1, -0.05) is 0 Å². The van der Waals surface area contributed by atoms with Crippen molar-refractivity contribution in [3.8, 4) is 11.8 Å². The van der Waals surface area contributed by atoms with Crippen LogP contribution in [0.5, 0.6) is 5.75 Å². The number of nitriles is 1. The predicted octanol–water partition coefficient (Wildman–Crippen LogP) is 3.75. The first-order valence-electron chi connectivity index (χ1n) is 11.5. The van der Waals surface area contributed by atoms with E-state index in [1.54, 1.807) is 30.3 Å². The number of nitrogens with zero attached hydrogens (tertiary/aromatic N) is 2. The largest absolute Gasteiger partial charge is 0.490 e. The fraction of sp³-hybridized carbons (Fsp3) is 0.333. The number of ketones is 1. The minimum absolute atomic E-state index is 0.192. The lowest BCUT2D eigenvalue weighted by Crippen LogP contribution is -2.24. The van der Waals surface area contributed by atoms with E-state index in [0.29, 0.717) is 41.7 Å². The number of carbonyl (C=O) groups is 3. The number of carbonyl (C=O) groups excluding carboxylic acids is 1. The molecular formula is C27H27FN2O6. The van der Waals surface area contributed by atoms with Crippen LogP contribution in [0.15, 0.2) is 54.6 Å². The van der Waals surface area contributed by atoms with Crippen LogP contribution >= 0.6 is 0 Å². The molecule has 0 aliphatic heterocycles. The molecule has 2 atom stereocenters. The number of rotatable bonds is 10. The lowest BCUT2D eigenvalue weighted by molar-refractivity contribution is -0.134. The molecule has 0 heterocycles. The molecule has 2 saturated carbocycles. The first-order valence-corrected chi connectivity index (χ1v) is 11.5. The topological polar surface area (TPSA) is 128 Å². The molecule has 188 valence electrons. The molecule has 2 unspecified atom stereocenters. The van der Waals surface area contributed by atoms with Gasteiger partial charge in [0.05, 0.1) is 18.2 Å². The number of benzene rings is 2. The molecule has 0 amide bonds. The van der Waals surface area contributed by atoms with Crippen LogP contribution in [0.2, 0.25) is 0 Å². The van der Waals surface area contributed by atoms with Crippen molar-refractivity contribution < 1.29 is 33.7 Å². The summed E-state index contributed by atoms with van der Waals surface area (Å²) in [5, 5.41) is 24.5. The molecule has 0 spiro atoms. The average molecular weight is 495 g/mol. The van der Waals surface area contributed by atoms with E-state index < -0.39 is 17.8 Å². The second-order valence-corrected chi connectivity index (χ2v) is 8.91. The molecule has 8 nitrogen and oxygen atoms in total. The standard InChI is InChI=1S/C23H23FN2O2.C4H4O4/c1-26(20-7-8-20)13-18-10-19(18)14-28-22-9-6-17(11-21(22)24)23(27)16-4-2-15(12-25)3-5-16;5-3(6)1-2-4(7)8/h2-6,9,11,18-20H,7-8,10,13-14H2,1H3;1-2H,(H,5,6)(H,7,8). The Balaban J connectivity index is 0.000000392. The van der Waals surface area contributed by atoms with Crippen LogP contribution in [-0.2, 0) is 9.59 Å². The summed E-state index contributed by atoms with van der Waals surface area (Å²) in [6.45, 7) is 1.61. The highest BCUT2D eigenvalue weighted by Crippen LogP contribution is 2.41. The zero-order chi connectivity index (χ0) is 26.2. The molecule has 0 bridgehead atoms. The molecule has 9 heteroatoms. The van der Waals surface area contributed by atoms with Gasteiger partial charge in [-0.3, -0.25) is 4.79 Å². The van der Waals surface area contributed by atoms with Crippen molar-refractivity contribution >= 4 is 17.7 Å². The van der Waals surface area contributed by atoms with Gasteiger partial charge in [0.2, 0.25) is 0 Å². The highest BCUT2D eigenvalue weighted by Gasteiger charge is 2.40. The third-order valence-electron chi connectivity index (χ3n) is 6.05. The van der Waals surface area contributed by atoms with Gasteiger partial charge in [-0.15, -0.1) is 0 Å². The first-order chi connectivity index (χ1) is 17.2. The van der Waals surface area contributed by atoms with E-state index in [1.165, 1.54) is 25.0 Å². The maximum Gasteiger partial charge on any atom is 0.328 e. The van der Waals surface area contributed by atoms with Crippen LogP contribution in [0, 0.1) is 29.0 Å². The maximum absolute atomic E-state index is 14.4. The van der Waals surface area contributed by atoms with Crippen LogP contribution in [0.1, 0.15) is 40.7 Å². The normalized spacial score (nSPS) is 18.2. The molecule has 4 rings (SSSR count). The van der Waals surface area contributed by atoms with Crippen molar-refractivity contribution in [1.82, 2.24) is 4.90 Å². The summed E-state index contributed by atoms with van der Waals surface area (Å²) in [5.74, 6) is -1.99. The van der Waals surface area contributed by atoms with Crippen molar-refractivity contribution in [1.29, 1.82) is 5.26 Å². The minimum Gasteiger partial charge on any atom is -0.490 e. The van der Waals surface area contributed by atoms with Gasteiger partial charge in [0.15, 0.2) is 17.3 Å². The van der Waals surface area contributed by atoms with Crippen LogP contribution in [0.4, 0.5) is 4.39 Å². The zero-order valence-electron chi connectivity index (χ0n) is 19.8. The minimum atomic E-state index is -1.26. The van der Waals surface area contributed by atoms with Crippen LogP contribution in [-0.4, -0.2) is 59.1 Å². The number of hydrogen-bond donors (Lipinski definition) is 2. The van der Waals surface area contributed by atoms with Crippen molar-refractivity contribution in [2.45, 2.75) is 25.3 Å². The average Bonchev–Trinajstić information content (AvgIpc) is 3.78. The van der Waals surface area contributed by atoms with E-state index in [4.69, 9.17) is 20.2 Å². The third kappa shape index (κ3) is 8.03. The Kier molecular flexibility index (Phi) is 8.92. The van der Waals surface area contributed by atoms with E-state index in [0.717, 1.165) is 19.0 Å². The van der Waals surface area contributed by atoms with Crippen molar-refractivity contribution in [3.05, 3.63) is 77.1 Å². The maximum atomic E-state index is 14.4. The zero-order valence-corrected chi connectivity index (χ0v) is 19.8. The summed E-state index contributed by atoms with van der Waals surface area (Å²) in [7, 11) is 2.18. The molecule has 2 aliphatic carbocycles. The van der Waals surface area contributed by atoms with Crippen molar-refractivity contribution in [3.63, 3.8) is 0 Å². The van der Waals surface area contributed by atoms with Gasteiger partial charge in [-0.25, -0.2) is 14.0 Å². The number of carboxylic acids is 2. The quantitative estimate of drug-likeness (QED) is 0.378. The number of halogens is 1. The van der Waals surface area contributed by atoms with Crippen LogP contribution < -0.4 is 4.74 Å². The predicted molar refractivity (Wildman–Crippen MR) is 128 cm³/mol. The number of carboxylic acid groups (broad SMARTS) is 2. The number of hydrogen-bond acceptors (Lipinski definition) is 6.